The van der Waals surface area contributed by atoms with E-state index in [1.807, 2.05) is 0 Å². The van der Waals surface area contributed by atoms with Gasteiger partial charge >= 0.3 is 88.7 Å². The second kappa shape index (κ2) is 4.49. The maximum atomic E-state index is 11.2. The predicted octanol–water partition coefficient (Wildman–Crippen LogP) is 3.84. The van der Waals surface area contributed by atoms with Crippen molar-refractivity contribution in [3.05, 3.63) is 0 Å². The van der Waals surface area contributed by atoms with Crippen LogP contribution in [-0.4, -0.2) is 29.0 Å². The molecule has 1 fully saturated rings. The molecule has 0 aromatic carbocycles. The summed E-state index contributed by atoms with van der Waals surface area (Å²) in [7, 11) is 0. The molecule has 0 saturated heterocycles. The van der Waals surface area contributed by atoms with Gasteiger partial charge in [0.05, 0.1) is 0 Å². The van der Waals surface area contributed by atoms with Gasteiger partial charge in [0, 0.05) is 0 Å². The standard InChI is InChI=1S/C12H27OP/c1-4-14(13,5-2,6-3)12-10-8-7-9-11-12/h12-13H,4-11H2,1-3H3. The van der Waals surface area contributed by atoms with E-state index in [2.05, 4.69) is 20.8 Å². The summed E-state index contributed by atoms with van der Waals surface area (Å²) in [5, 5.41) is 0. The van der Waals surface area contributed by atoms with Crippen LogP contribution in [0, 0.1) is 0 Å². The molecule has 0 bridgehead atoms. The van der Waals surface area contributed by atoms with Crippen LogP contribution >= 0.6 is 6.83 Å². The Bertz CT molecular complexity index is 170. The summed E-state index contributed by atoms with van der Waals surface area (Å²) in [6.45, 7) is 4.33. The van der Waals surface area contributed by atoms with E-state index in [4.69, 9.17) is 0 Å². The van der Waals surface area contributed by atoms with Gasteiger partial charge in [0.25, 0.3) is 0 Å². The van der Waals surface area contributed by atoms with Crippen LogP contribution in [0.5, 0.6) is 0 Å². The summed E-state index contributed by atoms with van der Waals surface area (Å²) < 4.78 is 0. The monoisotopic (exact) mass is 218 g/mol. The molecule has 1 aliphatic carbocycles. The van der Waals surface area contributed by atoms with Crippen molar-refractivity contribution in [3.8, 4) is 0 Å². The van der Waals surface area contributed by atoms with Gasteiger partial charge in [-0.3, -0.25) is 0 Å². The van der Waals surface area contributed by atoms with Gasteiger partial charge in [0.15, 0.2) is 0 Å². The second-order valence-corrected chi connectivity index (χ2v) is 11.1. The van der Waals surface area contributed by atoms with E-state index < -0.39 is 6.83 Å². The van der Waals surface area contributed by atoms with Crippen LogP contribution in [0.15, 0.2) is 0 Å². The molecule has 1 aliphatic rings. The first kappa shape index (κ1) is 12.5. The van der Waals surface area contributed by atoms with Gasteiger partial charge in [0.2, 0.25) is 0 Å². The fourth-order valence-electron chi connectivity index (χ4n) is 3.19. The van der Waals surface area contributed by atoms with E-state index in [0.717, 1.165) is 18.5 Å². The predicted molar refractivity (Wildman–Crippen MR) is 67.6 cm³/mol. The Morgan fingerprint density at radius 1 is 0.929 bits per heavy atom. The van der Waals surface area contributed by atoms with E-state index in [9.17, 15) is 4.89 Å². The van der Waals surface area contributed by atoms with E-state index in [0.29, 0.717) is 5.66 Å². The summed E-state index contributed by atoms with van der Waals surface area (Å²) in [6, 6.07) is 0. The topological polar surface area (TPSA) is 20.2 Å². The van der Waals surface area contributed by atoms with Gasteiger partial charge < -0.3 is 0 Å². The molecule has 86 valence electrons. The molecule has 1 rings (SSSR count). The summed E-state index contributed by atoms with van der Waals surface area (Å²) in [5.41, 5.74) is 0.676. The molecule has 0 spiro atoms. The second-order valence-electron chi connectivity index (χ2n) is 5.00. The molecular formula is C12H27OP. The molecule has 0 aromatic rings. The summed E-state index contributed by atoms with van der Waals surface area (Å²) in [6.07, 6.45) is 9.82. The summed E-state index contributed by atoms with van der Waals surface area (Å²) in [5.74, 6) is 0. The number of hydrogen-bond acceptors (Lipinski definition) is 1. The normalized spacial score (nSPS) is 23.0. The van der Waals surface area contributed by atoms with Gasteiger partial charge in [-0.1, -0.05) is 0 Å². The molecule has 0 radical (unpaired) electrons. The molecule has 0 atom stereocenters. The quantitative estimate of drug-likeness (QED) is 0.711. The van der Waals surface area contributed by atoms with Crippen molar-refractivity contribution in [1.82, 2.24) is 0 Å². The number of hydrogen-bond donors (Lipinski definition) is 1. The number of rotatable bonds is 4. The maximum absolute atomic E-state index is 11.2. The van der Waals surface area contributed by atoms with Gasteiger partial charge in [-0.05, 0) is 0 Å². The third kappa shape index (κ3) is 1.99. The van der Waals surface area contributed by atoms with Crippen molar-refractivity contribution in [2.75, 3.05) is 18.5 Å². The first-order valence-electron chi connectivity index (χ1n) is 6.34. The van der Waals surface area contributed by atoms with Crippen LogP contribution in [0.3, 0.4) is 0 Å². The van der Waals surface area contributed by atoms with E-state index in [-0.39, 0.29) is 0 Å². The Balaban J connectivity index is 2.84. The average molecular weight is 218 g/mol. The van der Waals surface area contributed by atoms with Crippen molar-refractivity contribution in [2.45, 2.75) is 58.5 Å². The molecule has 14 heavy (non-hydrogen) atoms. The van der Waals surface area contributed by atoms with Gasteiger partial charge in [0.1, 0.15) is 0 Å². The summed E-state index contributed by atoms with van der Waals surface area (Å²) in [4.78, 5) is 11.2. The molecule has 0 heterocycles. The van der Waals surface area contributed by atoms with Crippen molar-refractivity contribution < 1.29 is 4.89 Å². The zero-order valence-corrected chi connectivity index (χ0v) is 11.0. The van der Waals surface area contributed by atoms with Crippen molar-refractivity contribution in [1.29, 1.82) is 0 Å². The zero-order valence-electron chi connectivity index (χ0n) is 10.1. The minimum absolute atomic E-state index is 0.676. The fraction of sp³-hybridized carbons (Fsp3) is 1.00. The third-order valence-electron chi connectivity index (χ3n) is 4.83. The molecular weight excluding hydrogens is 191 g/mol. The molecule has 1 N–H and O–H groups in total. The van der Waals surface area contributed by atoms with E-state index >= 15 is 0 Å². The van der Waals surface area contributed by atoms with E-state index in [1.165, 1.54) is 32.1 Å². The first-order valence-corrected chi connectivity index (χ1v) is 9.16. The van der Waals surface area contributed by atoms with Crippen LogP contribution in [-0.2, 0) is 0 Å². The van der Waals surface area contributed by atoms with Crippen LogP contribution < -0.4 is 0 Å². The van der Waals surface area contributed by atoms with Crippen LogP contribution in [0.1, 0.15) is 52.9 Å². The molecule has 0 aliphatic heterocycles. The molecule has 1 nitrogen and oxygen atoms in total. The first-order chi connectivity index (χ1) is 6.59. The van der Waals surface area contributed by atoms with Crippen molar-refractivity contribution in [2.24, 2.45) is 0 Å². The van der Waals surface area contributed by atoms with Gasteiger partial charge in [-0.2, -0.15) is 0 Å². The molecule has 1 saturated carbocycles. The van der Waals surface area contributed by atoms with Gasteiger partial charge in [-0.25, -0.2) is 0 Å². The van der Waals surface area contributed by atoms with Crippen molar-refractivity contribution in [3.63, 3.8) is 0 Å². The SMILES string of the molecule is CCP(O)(CC)(CC)C1CCCCC1. The van der Waals surface area contributed by atoms with Crippen LogP contribution in [0.4, 0.5) is 0 Å². The van der Waals surface area contributed by atoms with Crippen molar-refractivity contribution >= 4 is 6.83 Å². The van der Waals surface area contributed by atoms with Crippen LogP contribution in [0.2, 0.25) is 0 Å². The Kier molecular flexibility index (Phi) is 4.00. The Labute approximate surface area is 89.3 Å². The van der Waals surface area contributed by atoms with E-state index in [1.54, 1.807) is 0 Å². The Morgan fingerprint density at radius 3 is 1.71 bits per heavy atom. The Morgan fingerprint density at radius 2 is 1.36 bits per heavy atom. The molecule has 0 unspecified atom stereocenters. The third-order valence-corrected chi connectivity index (χ3v) is 11.8. The summed E-state index contributed by atoms with van der Waals surface area (Å²) >= 11 is 0. The van der Waals surface area contributed by atoms with Crippen LogP contribution in [0.25, 0.3) is 0 Å². The molecule has 0 amide bonds. The minimum atomic E-state index is -2.29. The van der Waals surface area contributed by atoms with Gasteiger partial charge in [-0.15, -0.1) is 0 Å². The molecule has 2 heteroatoms. The molecule has 0 aromatic heterocycles. The average Bonchev–Trinajstić information content (AvgIpc) is 2.30. The zero-order chi connectivity index (χ0) is 10.7. The fourth-order valence-corrected chi connectivity index (χ4v) is 7.77. The Hall–Kier alpha value is 0.390.